The highest BCUT2D eigenvalue weighted by atomic mass is 14.7. The Balaban J connectivity index is 0.000000127. The molecule has 0 spiro atoms. The van der Waals surface area contributed by atoms with Crippen molar-refractivity contribution in [2.24, 2.45) is 0 Å². The maximum absolute atomic E-state index is 3.50. The van der Waals surface area contributed by atoms with Crippen molar-refractivity contribution in [1.82, 2.24) is 4.98 Å². The molecule has 1 aliphatic carbocycles. The molecule has 5 aromatic carbocycles. The van der Waals surface area contributed by atoms with E-state index in [2.05, 4.69) is 103 Å². The van der Waals surface area contributed by atoms with Gasteiger partial charge in [0.25, 0.3) is 0 Å². The molecule has 0 amide bonds. The van der Waals surface area contributed by atoms with Crippen LogP contribution in [0.4, 0.5) is 0 Å². The van der Waals surface area contributed by atoms with Crippen molar-refractivity contribution < 1.29 is 0 Å². The smallest absolute Gasteiger partial charge is 0.0497 e. The van der Waals surface area contributed by atoms with Gasteiger partial charge in [0, 0.05) is 21.8 Å². The van der Waals surface area contributed by atoms with Gasteiger partial charge in [-0.1, -0.05) is 91.9 Å². The zero-order valence-electron chi connectivity index (χ0n) is 19.2. The molecule has 0 saturated heterocycles. The molecule has 0 unspecified atom stereocenters. The van der Waals surface area contributed by atoms with Crippen LogP contribution < -0.4 is 0 Å². The van der Waals surface area contributed by atoms with E-state index in [1.165, 1.54) is 74.6 Å². The molecule has 0 atom stereocenters. The Kier molecular flexibility index (Phi) is 5.11. The van der Waals surface area contributed by atoms with Crippen LogP contribution in [0, 0.1) is 0 Å². The van der Waals surface area contributed by atoms with Crippen LogP contribution in [0.15, 0.2) is 91.0 Å². The fourth-order valence-corrected chi connectivity index (χ4v) is 5.57. The number of aromatic nitrogens is 1. The third kappa shape index (κ3) is 3.49. The molecule has 1 aliphatic rings. The number of nitrogens with one attached hydrogen (secondary N) is 1. The first-order valence-electron chi connectivity index (χ1n) is 12.2. The Hall–Kier alpha value is -3.58. The van der Waals surface area contributed by atoms with Gasteiger partial charge in [-0.05, 0) is 76.4 Å². The fraction of sp³-hybridized carbons (Fsp3) is 0.188. The maximum Gasteiger partial charge on any atom is 0.0497 e. The van der Waals surface area contributed by atoms with Crippen molar-refractivity contribution in [3.05, 3.63) is 108 Å². The van der Waals surface area contributed by atoms with E-state index < -0.39 is 0 Å². The van der Waals surface area contributed by atoms with Crippen LogP contribution in [0.5, 0.6) is 0 Å². The summed E-state index contributed by atoms with van der Waals surface area (Å²) < 4.78 is 0. The summed E-state index contributed by atoms with van der Waals surface area (Å²) in [6.45, 7) is 2.19. The van der Waals surface area contributed by atoms with Crippen LogP contribution in [0.25, 0.3) is 43.4 Å². The van der Waals surface area contributed by atoms with E-state index in [1.54, 1.807) is 11.1 Å². The van der Waals surface area contributed by atoms with E-state index in [4.69, 9.17) is 0 Å². The summed E-state index contributed by atoms with van der Waals surface area (Å²) in [6.07, 6.45) is 6.29. The molecular weight excluding hydrogens is 398 g/mol. The zero-order valence-corrected chi connectivity index (χ0v) is 19.2. The van der Waals surface area contributed by atoms with Gasteiger partial charge in [-0.3, -0.25) is 0 Å². The summed E-state index contributed by atoms with van der Waals surface area (Å²) in [7, 11) is 0. The Labute approximate surface area is 195 Å². The van der Waals surface area contributed by atoms with Gasteiger partial charge in [-0.25, -0.2) is 0 Å². The number of hydrogen-bond acceptors (Lipinski definition) is 0. The monoisotopic (exact) mass is 427 g/mol. The molecule has 0 bridgehead atoms. The standard InChI is InChI=1S/C18H16.C14H13N/c1-3-7-15-13(5-1)9-11-18-16-8-4-2-6-14(16)10-12-17(15)18;1-2-10-6-5-8-12-11-7-3-4-9-13(11)15-14(10)12/h1,3,5,7,9-12H,2,4,6,8H2;3-9,15H,2H2,1H3. The highest BCUT2D eigenvalue weighted by Crippen LogP contribution is 2.33. The molecule has 1 N–H and O–H groups in total. The van der Waals surface area contributed by atoms with Gasteiger partial charge in [-0.2, -0.15) is 0 Å². The topological polar surface area (TPSA) is 15.8 Å². The van der Waals surface area contributed by atoms with E-state index in [-0.39, 0.29) is 0 Å². The molecule has 0 aliphatic heterocycles. The van der Waals surface area contributed by atoms with E-state index in [0.29, 0.717) is 0 Å². The second-order valence-electron chi connectivity index (χ2n) is 9.16. The zero-order chi connectivity index (χ0) is 22.2. The van der Waals surface area contributed by atoms with Crippen LogP contribution in [-0.4, -0.2) is 4.98 Å². The van der Waals surface area contributed by atoms with E-state index in [1.807, 2.05) is 0 Å². The normalized spacial score (nSPS) is 13.2. The average Bonchev–Trinajstić information content (AvgIpc) is 3.28. The number of hydrogen-bond donors (Lipinski definition) is 1. The molecule has 1 heteroatoms. The highest BCUT2D eigenvalue weighted by molar-refractivity contribution is 6.09. The lowest BCUT2D eigenvalue weighted by Gasteiger charge is -2.18. The van der Waals surface area contributed by atoms with Gasteiger partial charge in [0.05, 0.1) is 0 Å². The largest absolute Gasteiger partial charge is 0.354 e. The quantitative estimate of drug-likeness (QED) is 0.252. The van der Waals surface area contributed by atoms with Gasteiger partial charge in [-0.15, -0.1) is 0 Å². The lowest BCUT2D eigenvalue weighted by Crippen LogP contribution is -2.02. The molecule has 1 aromatic heterocycles. The number of aryl methyl sites for hydroxylation is 3. The van der Waals surface area contributed by atoms with Crippen molar-refractivity contribution in [3.63, 3.8) is 0 Å². The van der Waals surface area contributed by atoms with Crippen LogP contribution in [-0.2, 0) is 19.3 Å². The number of para-hydroxylation sites is 2. The molecule has 33 heavy (non-hydrogen) atoms. The van der Waals surface area contributed by atoms with Crippen molar-refractivity contribution >= 4 is 43.4 Å². The average molecular weight is 428 g/mol. The van der Waals surface area contributed by atoms with Gasteiger partial charge in [0.2, 0.25) is 0 Å². The summed E-state index contributed by atoms with van der Waals surface area (Å²) >= 11 is 0. The van der Waals surface area contributed by atoms with Crippen LogP contribution in [0.1, 0.15) is 36.5 Å². The number of rotatable bonds is 1. The van der Waals surface area contributed by atoms with Crippen molar-refractivity contribution in [2.45, 2.75) is 39.0 Å². The Morgan fingerprint density at radius 1 is 0.606 bits per heavy atom. The van der Waals surface area contributed by atoms with Gasteiger partial charge in [0.1, 0.15) is 0 Å². The molecule has 0 saturated carbocycles. The molecule has 0 fully saturated rings. The van der Waals surface area contributed by atoms with Crippen LogP contribution >= 0.6 is 0 Å². The first-order chi connectivity index (χ1) is 16.3. The minimum atomic E-state index is 1.07. The highest BCUT2D eigenvalue weighted by Gasteiger charge is 2.13. The molecule has 162 valence electrons. The summed E-state index contributed by atoms with van der Waals surface area (Å²) in [5, 5.41) is 8.30. The molecule has 7 rings (SSSR count). The fourth-order valence-electron chi connectivity index (χ4n) is 5.57. The predicted molar refractivity (Wildman–Crippen MR) is 143 cm³/mol. The number of H-pyrrole nitrogens is 1. The molecule has 1 heterocycles. The summed E-state index contributed by atoms with van der Waals surface area (Å²) in [5.41, 5.74) is 7.09. The van der Waals surface area contributed by atoms with Crippen molar-refractivity contribution in [1.29, 1.82) is 0 Å². The maximum atomic E-state index is 3.50. The van der Waals surface area contributed by atoms with Gasteiger partial charge >= 0.3 is 0 Å². The van der Waals surface area contributed by atoms with Gasteiger partial charge < -0.3 is 4.98 Å². The molecule has 0 radical (unpaired) electrons. The second kappa shape index (κ2) is 8.41. The minimum absolute atomic E-state index is 1.07. The lowest BCUT2D eigenvalue weighted by atomic mass is 9.86. The summed E-state index contributed by atoms with van der Waals surface area (Å²) in [5.74, 6) is 0. The lowest BCUT2D eigenvalue weighted by molar-refractivity contribution is 0.690. The van der Waals surface area contributed by atoms with E-state index in [0.717, 1.165) is 6.42 Å². The van der Waals surface area contributed by atoms with E-state index >= 15 is 0 Å². The summed E-state index contributed by atoms with van der Waals surface area (Å²) in [4.78, 5) is 3.50. The number of aromatic amines is 1. The van der Waals surface area contributed by atoms with Crippen molar-refractivity contribution in [3.8, 4) is 0 Å². The van der Waals surface area contributed by atoms with Gasteiger partial charge in [0.15, 0.2) is 0 Å². The Morgan fingerprint density at radius 2 is 1.36 bits per heavy atom. The molecular formula is C32H29N. The molecule has 1 nitrogen and oxygen atoms in total. The summed E-state index contributed by atoms with van der Waals surface area (Å²) in [6, 6.07) is 33.0. The first-order valence-corrected chi connectivity index (χ1v) is 12.2. The van der Waals surface area contributed by atoms with Crippen molar-refractivity contribution in [2.75, 3.05) is 0 Å². The third-order valence-electron chi connectivity index (χ3n) is 7.27. The van der Waals surface area contributed by atoms with Crippen LogP contribution in [0.2, 0.25) is 0 Å². The second-order valence-corrected chi connectivity index (χ2v) is 9.16. The first kappa shape index (κ1) is 20.1. The van der Waals surface area contributed by atoms with Crippen LogP contribution in [0.3, 0.4) is 0 Å². The Morgan fingerprint density at radius 3 is 2.27 bits per heavy atom. The molecule has 6 aromatic rings. The third-order valence-corrected chi connectivity index (χ3v) is 7.27. The SMILES string of the molecule is CCc1cccc2c1[nH]c1ccccc12.c1ccc2c(c1)ccc1c3c(ccc12)CCCC3. The Bertz CT molecular complexity index is 1600. The number of benzene rings is 5. The minimum Gasteiger partial charge on any atom is -0.354 e. The van der Waals surface area contributed by atoms with E-state index in [9.17, 15) is 0 Å². The predicted octanol–water partition coefficient (Wildman–Crippen LogP) is 8.76. The number of fused-ring (bicyclic) bond motifs is 8.